The first-order valence-corrected chi connectivity index (χ1v) is 4.27. The Morgan fingerprint density at radius 3 is 1.80 bits per heavy atom. The molecular weight excluding hydrogens is 225 g/mol. The topological polar surface area (TPSA) is 78.5 Å². The number of carboxylic acid groups (broad SMARTS) is 1. The van der Waals surface area contributed by atoms with E-state index in [9.17, 15) is 14.7 Å². The van der Waals surface area contributed by atoms with Gasteiger partial charge in [0.05, 0.1) is 11.5 Å². The first kappa shape index (κ1) is 17.8. The van der Waals surface area contributed by atoms with E-state index in [1.165, 1.54) is 13.8 Å². The Hall–Kier alpha value is 0.376. The zero-order chi connectivity index (χ0) is 11.6. The minimum atomic E-state index is -1.43. The Labute approximate surface area is 132 Å². The van der Waals surface area contributed by atoms with Gasteiger partial charge in [0, 0.05) is 0 Å². The Bertz CT molecular complexity index is 245. The number of carbonyl (C=O) groups is 2. The van der Waals surface area contributed by atoms with Crippen molar-refractivity contribution in [3.8, 4) is 0 Å². The molecule has 0 atom stereocenters. The van der Waals surface area contributed by atoms with Gasteiger partial charge in [-0.3, -0.25) is 0 Å². The molecule has 1 N–H and O–H groups in total. The van der Waals surface area contributed by atoms with Gasteiger partial charge in [-0.05, 0) is 34.6 Å². The molecule has 6 heteroatoms. The van der Waals surface area contributed by atoms with Crippen LogP contribution in [0, 0.1) is 0 Å². The number of aliphatic carboxylic acids is 1. The van der Waals surface area contributed by atoms with Gasteiger partial charge >= 0.3 is 57.5 Å². The fourth-order valence-electron chi connectivity index (χ4n) is 0.610. The SMILES string of the molecule is CC(C)(C)OC(=O)NC(C)(C)C(=O)[O-].[K+]. The third kappa shape index (κ3) is 8.21. The molecule has 0 aliphatic heterocycles. The predicted octanol–water partition coefficient (Wildman–Crippen LogP) is -2.96. The molecule has 1 amide bonds. The van der Waals surface area contributed by atoms with Crippen LogP contribution in [-0.4, -0.2) is 23.2 Å². The second-order valence-electron chi connectivity index (χ2n) is 4.54. The number of carbonyl (C=O) groups excluding carboxylic acids is 2. The molecule has 82 valence electrons. The number of hydrogen-bond donors (Lipinski definition) is 1. The minimum absolute atomic E-state index is 0. The second kappa shape index (κ2) is 6.20. The number of rotatable bonds is 2. The molecule has 0 aromatic carbocycles. The van der Waals surface area contributed by atoms with Crippen molar-refractivity contribution < 1.29 is 70.8 Å². The summed E-state index contributed by atoms with van der Waals surface area (Å²) < 4.78 is 4.88. The minimum Gasteiger partial charge on any atom is -0.548 e. The first-order valence-electron chi connectivity index (χ1n) is 4.27. The van der Waals surface area contributed by atoms with Crippen molar-refractivity contribution in [2.45, 2.75) is 45.8 Å². The Morgan fingerprint density at radius 2 is 1.53 bits per heavy atom. The van der Waals surface area contributed by atoms with Gasteiger partial charge in [-0.15, -0.1) is 0 Å². The molecule has 0 saturated heterocycles. The molecule has 0 rings (SSSR count). The van der Waals surface area contributed by atoms with Crippen molar-refractivity contribution >= 4 is 12.1 Å². The average molecular weight is 241 g/mol. The van der Waals surface area contributed by atoms with Gasteiger partial charge in [0.2, 0.25) is 0 Å². The Balaban J connectivity index is 0. The van der Waals surface area contributed by atoms with Gasteiger partial charge in [-0.2, -0.15) is 0 Å². The summed E-state index contributed by atoms with van der Waals surface area (Å²) in [4.78, 5) is 21.7. The molecule has 0 heterocycles. The molecule has 0 unspecified atom stereocenters. The summed E-state index contributed by atoms with van der Waals surface area (Å²) in [5.41, 5.74) is -2.07. The molecule has 0 aromatic heterocycles. The van der Waals surface area contributed by atoms with Crippen molar-refractivity contribution in [1.82, 2.24) is 5.32 Å². The fourth-order valence-corrected chi connectivity index (χ4v) is 0.610. The normalized spacial score (nSPS) is 11.3. The van der Waals surface area contributed by atoms with E-state index >= 15 is 0 Å². The Kier molecular flexibility index (Phi) is 7.34. The van der Waals surface area contributed by atoms with Crippen LogP contribution in [0.4, 0.5) is 4.79 Å². The summed E-state index contributed by atoms with van der Waals surface area (Å²) in [7, 11) is 0. The summed E-state index contributed by atoms with van der Waals surface area (Å²) >= 11 is 0. The van der Waals surface area contributed by atoms with Crippen LogP contribution in [0.3, 0.4) is 0 Å². The van der Waals surface area contributed by atoms with E-state index in [0.717, 1.165) is 0 Å². The van der Waals surface area contributed by atoms with Crippen LogP contribution in [0.2, 0.25) is 0 Å². The van der Waals surface area contributed by atoms with Crippen LogP contribution < -0.4 is 61.8 Å². The summed E-state index contributed by atoms with van der Waals surface area (Å²) in [6.07, 6.45) is -0.772. The molecule has 0 aliphatic rings. The number of carboxylic acids is 1. The molecule has 0 saturated carbocycles. The third-order valence-corrected chi connectivity index (χ3v) is 1.32. The van der Waals surface area contributed by atoms with E-state index in [4.69, 9.17) is 4.74 Å². The van der Waals surface area contributed by atoms with Crippen LogP contribution in [0.1, 0.15) is 34.6 Å². The van der Waals surface area contributed by atoms with Gasteiger partial charge in [0.25, 0.3) is 0 Å². The van der Waals surface area contributed by atoms with Crippen molar-refractivity contribution in [2.24, 2.45) is 0 Å². The molecule has 0 aliphatic carbocycles. The second-order valence-corrected chi connectivity index (χ2v) is 4.54. The van der Waals surface area contributed by atoms with Crippen molar-refractivity contribution in [1.29, 1.82) is 0 Å². The molecule has 0 bridgehead atoms. The van der Waals surface area contributed by atoms with Crippen molar-refractivity contribution in [3.05, 3.63) is 0 Å². The first-order chi connectivity index (χ1) is 6.04. The van der Waals surface area contributed by atoms with Crippen molar-refractivity contribution in [3.63, 3.8) is 0 Å². The third-order valence-electron chi connectivity index (χ3n) is 1.32. The summed E-state index contributed by atoms with van der Waals surface area (Å²) in [5.74, 6) is -1.36. The van der Waals surface area contributed by atoms with E-state index in [2.05, 4.69) is 5.32 Å². The zero-order valence-corrected chi connectivity index (χ0v) is 13.3. The maximum Gasteiger partial charge on any atom is 1.00 e. The fraction of sp³-hybridized carbons (Fsp3) is 0.778. The number of ether oxygens (including phenoxy) is 1. The molecule has 0 radical (unpaired) electrons. The van der Waals surface area contributed by atoms with E-state index in [1.54, 1.807) is 20.8 Å². The average Bonchev–Trinajstić information content (AvgIpc) is 1.79. The molecule has 5 nitrogen and oxygen atoms in total. The summed E-state index contributed by atoms with van der Waals surface area (Å²) in [5, 5.41) is 12.7. The zero-order valence-electron chi connectivity index (χ0n) is 10.1. The van der Waals surface area contributed by atoms with Crippen LogP contribution in [-0.2, 0) is 9.53 Å². The van der Waals surface area contributed by atoms with Gasteiger partial charge in [-0.1, -0.05) is 0 Å². The number of amides is 1. The number of nitrogens with one attached hydrogen (secondary N) is 1. The molecule has 15 heavy (non-hydrogen) atoms. The largest absolute Gasteiger partial charge is 1.00 e. The van der Waals surface area contributed by atoms with Crippen LogP contribution in [0.25, 0.3) is 0 Å². The van der Waals surface area contributed by atoms with Gasteiger partial charge < -0.3 is 20.0 Å². The maximum atomic E-state index is 11.2. The van der Waals surface area contributed by atoms with Crippen LogP contribution >= 0.6 is 0 Å². The summed E-state index contributed by atoms with van der Waals surface area (Å²) in [6, 6.07) is 0. The van der Waals surface area contributed by atoms with E-state index in [0.29, 0.717) is 0 Å². The van der Waals surface area contributed by atoms with Gasteiger partial charge in [0.15, 0.2) is 0 Å². The summed E-state index contributed by atoms with van der Waals surface area (Å²) in [6.45, 7) is 7.73. The quantitative estimate of drug-likeness (QED) is 0.524. The predicted molar refractivity (Wildman–Crippen MR) is 48.5 cm³/mol. The molecule has 0 spiro atoms. The van der Waals surface area contributed by atoms with Crippen LogP contribution in [0.15, 0.2) is 0 Å². The standard InChI is InChI=1S/C9H17NO4.K/c1-8(2,3)14-7(13)10-9(4,5)6(11)12;/h1-5H3,(H,10,13)(H,11,12);/q;+1/p-1. The number of hydrogen-bond acceptors (Lipinski definition) is 4. The molecular formula is C9H16KNO4. The number of alkyl carbamates (subject to hydrolysis) is 1. The Morgan fingerprint density at radius 1 is 1.13 bits per heavy atom. The van der Waals surface area contributed by atoms with Gasteiger partial charge in [-0.25, -0.2) is 4.79 Å². The van der Waals surface area contributed by atoms with Crippen molar-refractivity contribution in [2.75, 3.05) is 0 Å². The smallest absolute Gasteiger partial charge is 0.548 e. The van der Waals surface area contributed by atoms with E-state index < -0.39 is 23.2 Å². The molecule has 0 aromatic rings. The van der Waals surface area contributed by atoms with Gasteiger partial charge in [0.1, 0.15) is 5.60 Å². The molecule has 0 fully saturated rings. The maximum absolute atomic E-state index is 11.2. The van der Waals surface area contributed by atoms with E-state index in [1.807, 2.05) is 0 Å². The van der Waals surface area contributed by atoms with E-state index in [-0.39, 0.29) is 51.4 Å². The monoisotopic (exact) mass is 241 g/mol. The van der Waals surface area contributed by atoms with Crippen LogP contribution in [0.5, 0.6) is 0 Å².